The van der Waals surface area contributed by atoms with E-state index in [9.17, 15) is 10.1 Å². The van der Waals surface area contributed by atoms with E-state index in [0.29, 0.717) is 34.5 Å². The molecular weight excluding hydrogens is 418 g/mol. The number of hydrogen-bond acceptors (Lipinski definition) is 6. The van der Waals surface area contributed by atoms with Crippen molar-refractivity contribution in [3.05, 3.63) is 75.5 Å². The fraction of sp³-hybridized carbons (Fsp3) is 0.174. The first-order valence-electron chi connectivity index (χ1n) is 9.32. The van der Waals surface area contributed by atoms with E-state index in [1.54, 1.807) is 25.1 Å². The second-order valence-electron chi connectivity index (χ2n) is 6.76. The maximum atomic E-state index is 12.4. The molecule has 1 amide bonds. The number of carbonyl (C=O) groups is 1. The van der Waals surface area contributed by atoms with E-state index in [1.165, 1.54) is 13.2 Å². The Kier molecular flexibility index (Phi) is 6.96. The minimum atomic E-state index is -0.620. The van der Waals surface area contributed by atoms with E-state index in [4.69, 9.17) is 25.6 Å². The summed E-state index contributed by atoms with van der Waals surface area (Å²) in [6.45, 7) is 4.02. The summed E-state index contributed by atoms with van der Waals surface area (Å²) in [7, 11) is 1.49. The van der Waals surface area contributed by atoms with Crippen molar-refractivity contribution in [1.29, 1.82) is 5.26 Å². The molecule has 2 aromatic carbocycles. The number of nitrogens with zero attached hydrogens (tertiary/aromatic N) is 2. The highest BCUT2D eigenvalue weighted by atomic mass is 35.5. The molecule has 0 spiro atoms. The third kappa shape index (κ3) is 5.65. The van der Waals surface area contributed by atoms with E-state index in [0.717, 1.165) is 11.1 Å². The summed E-state index contributed by atoms with van der Waals surface area (Å²) in [5.74, 6) is 0.902. The standard InChI is InChI=1S/C23H20ClN3O4/c1-14-4-6-16(7-5-14)13-30-22-19(24)10-17(11-20(22)29-3)9-18(12-25)23(28)26-21-8-15(2)31-27-21/h4-11H,13H2,1-3H3,(H,26,27,28)/b18-9-. The largest absolute Gasteiger partial charge is 0.493 e. The Labute approximate surface area is 184 Å². The molecule has 0 saturated heterocycles. The topological polar surface area (TPSA) is 97.4 Å². The van der Waals surface area contributed by atoms with Gasteiger partial charge in [-0.05, 0) is 43.2 Å². The van der Waals surface area contributed by atoms with Crippen molar-refractivity contribution >= 4 is 29.4 Å². The SMILES string of the molecule is COc1cc(/C=C(/C#N)C(=O)Nc2cc(C)on2)cc(Cl)c1OCc1ccc(C)cc1. The van der Waals surface area contributed by atoms with Crippen LogP contribution in [0.4, 0.5) is 5.82 Å². The number of halogens is 1. The third-order valence-electron chi connectivity index (χ3n) is 4.30. The van der Waals surface area contributed by atoms with Gasteiger partial charge in [0.25, 0.3) is 5.91 Å². The first-order valence-corrected chi connectivity index (χ1v) is 9.69. The van der Waals surface area contributed by atoms with Crippen LogP contribution in [-0.2, 0) is 11.4 Å². The van der Waals surface area contributed by atoms with E-state index in [2.05, 4.69) is 10.5 Å². The van der Waals surface area contributed by atoms with Crippen molar-refractivity contribution in [3.8, 4) is 17.6 Å². The second-order valence-corrected chi connectivity index (χ2v) is 7.16. The number of methoxy groups -OCH3 is 1. The fourth-order valence-electron chi connectivity index (χ4n) is 2.73. The van der Waals surface area contributed by atoms with Crippen LogP contribution in [0.25, 0.3) is 6.08 Å². The lowest BCUT2D eigenvalue weighted by atomic mass is 10.1. The molecule has 8 heteroatoms. The lowest BCUT2D eigenvalue weighted by molar-refractivity contribution is -0.112. The first kappa shape index (κ1) is 21.9. The van der Waals surface area contributed by atoms with E-state index < -0.39 is 5.91 Å². The molecular formula is C23H20ClN3O4. The van der Waals surface area contributed by atoms with Gasteiger partial charge >= 0.3 is 0 Å². The maximum absolute atomic E-state index is 12.4. The monoisotopic (exact) mass is 437 g/mol. The highest BCUT2D eigenvalue weighted by molar-refractivity contribution is 6.32. The molecule has 1 aromatic heterocycles. The Hall–Kier alpha value is -3.76. The molecule has 0 bridgehead atoms. The van der Waals surface area contributed by atoms with Crippen LogP contribution in [0.2, 0.25) is 5.02 Å². The van der Waals surface area contributed by atoms with Gasteiger partial charge in [-0.1, -0.05) is 46.6 Å². The van der Waals surface area contributed by atoms with E-state index in [-0.39, 0.29) is 11.4 Å². The number of aromatic nitrogens is 1. The quantitative estimate of drug-likeness (QED) is 0.409. The number of nitriles is 1. The summed E-state index contributed by atoms with van der Waals surface area (Å²) in [5, 5.41) is 15.9. The van der Waals surface area contributed by atoms with Gasteiger partial charge in [0.05, 0.1) is 12.1 Å². The number of anilines is 1. The summed E-state index contributed by atoms with van der Waals surface area (Å²) < 4.78 is 16.2. The Morgan fingerprint density at radius 1 is 1.26 bits per heavy atom. The number of aryl methyl sites for hydroxylation is 2. The second kappa shape index (κ2) is 9.83. The maximum Gasteiger partial charge on any atom is 0.267 e. The van der Waals surface area contributed by atoms with Gasteiger partial charge in [0, 0.05) is 6.07 Å². The van der Waals surface area contributed by atoms with Crippen molar-refractivity contribution in [2.75, 3.05) is 12.4 Å². The van der Waals surface area contributed by atoms with Gasteiger partial charge in [0.2, 0.25) is 0 Å². The van der Waals surface area contributed by atoms with Crippen molar-refractivity contribution in [3.63, 3.8) is 0 Å². The molecule has 1 heterocycles. The predicted molar refractivity (Wildman–Crippen MR) is 117 cm³/mol. The molecule has 0 aliphatic heterocycles. The van der Waals surface area contributed by atoms with Crippen LogP contribution in [0, 0.1) is 25.2 Å². The van der Waals surface area contributed by atoms with Crippen LogP contribution in [-0.4, -0.2) is 18.2 Å². The Balaban J connectivity index is 1.80. The normalized spacial score (nSPS) is 11.0. The zero-order chi connectivity index (χ0) is 22.4. The van der Waals surface area contributed by atoms with Crippen molar-refractivity contribution in [1.82, 2.24) is 5.16 Å². The molecule has 0 radical (unpaired) electrons. The molecule has 0 aliphatic carbocycles. The van der Waals surface area contributed by atoms with Gasteiger partial charge in [-0.25, -0.2) is 0 Å². The van der Waals surface area contributed by atoms with E-state index >= 15 is 0 Å². The van der Waals surface area contributed by atoms with E-state index in [1.807, 2.05) is 37.3 Å². The minimum absolute atomic E-state index is 0.132. The summed E-state index contributed by atoms with van der Waals surface area (Å²) in [6.07, 6.45) is 1.40. The Morgan fingerprint density at radius 3 is 2.61 bits per heavy atom. The smallest absolute Gasteiger partial charge is 0.267 e. The Bertz CT molecular complexity index is 1160. The average molecular weight is 438 g/mol. The van der Waals surface area contributed by atoms with Crippen LogP contribution in [0.1, 0.15) is 22.5 Å². The molecule has 158 valence electrons. The molecule has 0 atom stereocenters. The number of ether oxygens (including phenoxy) is 2. The molecule has 31 heavy (non-hydrogen) atoms. The summed E-state index contributed by atoms with van der Waals surface area (Å²) >= 11 is 6.40. The van der Waals surface area contributed by atoms with Crippen molar-refractivity contribution in [2.24, 2.45) is 0 Å². The van der Waals surface area contributed by atoms with Crippen LogP contribution >= 0.6 is 11.6 Å². The first-order chi connectivity index (χ1) is 14.9. The summed E-state index contributed by atoms with van der Waals surface area (Å²) in [6, 6.07) is 14.6. The number of carbonyl (C=O) groups excluding carboxylic acids is 1. The van der Waals surface area contributed by atoms with Crippen LogP contribution < -0.4 is 14.8 Å². The number of amides is 1. The Morgan fingerprint density at radius 2 is 2.00 bits per heavy atom. The molecule has 0 saturated carbocycles. The van der Waals surface area contributed by atoms with Crippen LogP contribution in [0.3, 0.4) is 0 Å². The molecule has 3 rings (SSSR count). The lowest BCUT2D eigenvalue weighted by Gasteiger charge is -2.14. The summed E-state index contributed by atoms with van der Waals surface area (Å²) in [5.41, 5.74) is 2.52. The highest BCUT2D eigenvalue weighted by Crippen LogP contribution is 2.37. The zero-order valence-corrected chi connectivity index (χ0v) is 18.0. The third-order valence-corrected chi connectivity index (χ3v) is 4.58. The van der Waals surface area contributed by atoms with Gasteiger partial charge in [-0.3, -0.25) is 4.79 Å². The predicted octanol–water partition coefficient (Wildman–Crippen LogP) is 5.08. The van der Waals surface area contributed by atoms with Crippen LogP contribution in [0.5, 0.6) is 11.5 Å². The van der Waals surface area contributed by atoms with Gasteiger partial charge in [0.1, 0.15) is 24.0 Å². The molecule has 0 unspecified atom stereocenters. The lowest BCUT2D eigenvalue weighted by Crippen LogP contribution is -2.13. The highest BCUT2D eigenvalue weighted by Gasteiger charge is 2.15. The average Bonchev–Trinajstić information content (AvgIpc) is 3.16. The minimum Gasteiger partial charge on any atom is -0.493 e. The molecule has 0 fully saturated rings. The number of nitrogens with one attached hydrogen (secondary N) is 1. The van der Waals surface area contributed by atoms with Gasteiger partial charge in [0.15, 0.2) is 17.3 Å². The molecule has 7 nitrogen and oxygen atoms in total. The van der Waals surface area contributed by atoms with Crippen molar-refractivity contribution < 1.29 is 18.8 Å². The van der Waals surface area contributed by atoms with Gasteiger partial charge < -0.3 is 19.3 Å². The number of benzene rings is 2. The molecule has 3 aromatic rings. The number of hydrogen-bond donors (Lipinski definition) is 1. The zero-order valence-electron chi connectivity index (χ0n) is 17.2. The van der Waals surface area contributed by atoms with Crippen molar-refractivity contribution in [2.45, 2.75) is 20.5 Å². The van der Waals surface area contributed by atoms with Crippen LogP contribution in [0.15, 0.2) is 52.6 Å². The van der Waals surface area contributed by atoms with Gasteiger partial charge in [-0.15, -0.1) is 0 Å². The fourth-order valence-corrected chi connectivity index (χ4v) is 3.00. The molecule has 1 N–H and O–H groups in total. The molecule has 0 aliphatic rings. The van der Waals surface area contributed by atoms with Gasteiger partial charge in [-0.2, -0.15) is 5.26 Å². The number of rotatable bonds is 7. The summed E-state index contributed by atoms with van der Waals surface area (Å²) in [4.78, 5) is 12.4.